The molecule has 9 nitrogen and oxygen atoms in total. The second-order valence-electron chi connectivity index (χ2n) is 6.61. The van der Waals surface area contributed by atoms with Gasteiger partial charge in [-0.05, 0) is 30.3 Å². The maximum atomic E-state index is 12.4. The van der Waals surface area contributed by atoms with Gasteiger partial charge in [0.15, 0.2) is 11.5 Å². The molecule has 0 unspecified atom stereocenters. The van der Waals surface area contributed by atoms with Crippen LogP contribution < -0.4 is 19.7 Å². The van der Waals surface area contributed by atoms with E-state index in [2.05, 4.69) is 15.1 Å². The molecule has 154 valence electrons. The predicted octanol–water partition coefficient (Wildman–Crippen LogP) is 2.12. The van der Waals surface area contributed by atoms with Crippen molar-refractivity contribution in [2.24, 2.45) is 0 Å². The summed E-state index contributed by atoms with van der Waals surface area (Å²) in [7, 11) is 3.08. The van der Waals surface area contributed by atoms with E-state index in [1.54, 1.807) is 37.4 Å². The lowest BCUT2D eigenvalue weighted by molar-refractivity contribution is -0.384. The first-order valence-electron chi connectivity index (χ1n) is 9.24. The highest BCUT2D eigenvalue weighted by Crippen LogP contribution is 2.27. The average Bonchev–Trinajstić information content (AvgIpc) is 2.77. The molecule has 0 radical (unpaired) electrons. The van der Waals surface area contributed by atoms with E-state index in [0.29, 0.717) is 23.7 Å². The number of nitrogens with zero attached hydrogens (tertiary/aromatic N) is 3. The smallest absolute Gasteiger partial charge is 0.269 e. The maximum absolute atomic E-state index is 12.4. The predicted molar refractivity (Wildman–Crippen MR) is 109 cm³/mol. The molecule has 1 fully saturated rings. The molecule has 0 spiro atoms. The van der Waals surface area contributed by atoms with Crippen LogP contribution in [0.1, 0.15) is 10.4 Å². The summed E-state index contributed by atoms with van der Waals surface area (Å²) in [5.41, 5.74) is 1.56. The van der Waals surface area contributed by atoms with E-state index in [9.17, 15) is 14.9 Å². The fraction of sp³-hybridized carbons (Fsp3) is 0.350. The largest absolute Gasteiger partial charge is 0.493 e. The highest BCUT2D eigenvalue weighted by molar-refractivity contribution is 5.94. The molecule has 29 heavy (non-hydrogen) atoms. The Morgan fingerprint density at radius 2 is 1.69 bits per heavy atom. The first-order valence-corrected chi connectivity index (χ1v) is 9.24. The Morgan fingerprint density at radius 3 is 2.28 bits per heavy atom. The molecular weight excluding hydrogens is 376 g/mol. The highest BCUT2D eigenvalue weighted by Gasteiger charge is 2.19. The number of rotatable bonds is 7. The van der Waals surface area contributed by atoms with Gasteiger partial charge in [-0.2, -0.15) is 0 Å². The lowest BCUT2D eigenvalue weighted by Crippen LogP contribution is -2.50. The minimum atomic E-state index is -0.400. The van der Waals surface area contributed by atoms with Crippen LogP contribution in [0.3, 0.4) is 0 Å². The van der Waals surface area contributed by atoms with E-state index in [1.165, 1.54) is 19.2 Å². The Labute approximate surface area is 169 Å². The quantitative estimate of drug-likeness (QED) is 0.562. The van der Waals surface area contributed by atoms with Crippen LogP contribution in [0.2, 0.25) is 0 Å². The second-order valence-corrected chi connectivity index (χ2v) is 6.61. The number of piperazine rings is 1. The molecule has 0 saturated carbocycles. The van der Waals surface area contributed by atoms with Crippen LogP contribution in [0, 0.1) is 10.1 Å². The first kappa shape index (κ1) is 20.4. The summed E-state index contributed by atoms with van der Waals surface area (Å²) in [6, 6.07) is 11.6. The standard InChI is InChI=1S/C20H24N4O5/c1-28-18-8-3-15(13-19(18)29-2)20(25)21-14-22-9-11-23(12-10-22)16-4-6-17(7-5-16)24(26)27/h3-8,13H,9-12,14H2,1-2H3,(H,21,25). The number of carbonyl (C=O) groups excluding carboxylic acids is 1. The monoisotopic (exact) mass is 400 g/mol. The number of nitro benzene ring substituents is 1. The molecule has 1 heterocycles. The van der Waals surface area contributed by atoms with Gasteiger partial charge in [0.05, 0.1) is 25.8 Å². The van der Waals surface area contributed by atoms with E-state index >= 15 is 0 Å². The minimum absolute atomic E-state index is 0.0882. The number of hydrogen-bond acceptors (Lipinski definition) is 7. The Morgan fingerprint density at radius 1 is 1.03 bits per heavy atom. The molecule has 2 aromatic rings. The van der Waals surface area contributed by atoms with Crippen molar-refractivity contribution in [3.63, 3.8) is 0 Å². The Balaban J connectivity index is 1.49. The third kappa shape index (κ3) is 4.94. The topological polar surface area (TPSA) is 97.2 Å². The van der Waals surface area contributed by atoms with Crippen molar-refractivity contribution in [1.29, 1.82) is 0 Å². The molecule has 1 aliphatic heterocycles. The van der Waals surface area contributed by atoms with E-state index in [4.69, 9.17) is 9.47 Å². The van der Waals surface area contributed by atoms with Crippen molar-refractivity contribution >= 4 is 17.3 Å². The van der Waals surface area contributed by atoms with Crippen molar-refractivity contribution in [3.05, 3.63) is 58.1 Å². The zero-order valence-electron chi connectivity index (χ0n) is 16.5. The number of carbonyl (C=O) groups is 1. The number of ether oxygens (including phenoxy) is 2. The van der Waals surface area contributed by atoms with Gasteiger partial charge in [0, 0.05) is 49.6 Å². The third-order valence-electron chi connectivity index (χ3n) is 4.91. The van der Waals surface area contributed by atoms with Crippen molar-refractivity contribution in [2.75, 3.05) is 52.0 Å². The molecule has 1 N–H and O–H groups in total. The van der Waals surface area contributed by atoms with Crippen molar-refractivity contribution < 1.29 is 19.2 Å². The van der Waals surface area contributed by atoms with E-state index in [0.717, 1.165) is 31.9 Å². The molecule has 2 aromatic carbocycles. The average molecular weight is 400 g/mol. The van der Waals surface area contributed by atoms with Gasteiger partial charge < -0.3 is 19.7 Å². The summed E-state index contributed by atoms with van der Waals surface area (Å²) in [4.78, 5) is 27.1. The normalized spacial score (nSPS) is 14.3. The van der Waals surface area contributed by atoms with Crippen molar-refractivity contribution in [2.45, 2.75) is 0 Å². The molecule has 1 aliphatic rings. The molecule has 0 aliphatic carbocycles. The fourth-order valence-corrected chi connectivity index (χ4v) is 3.21. The highest BCUT2D eigenvalue weighted by atomic mass is 16.6. The zero-order valence-corrected chi connectivity index (χ0v) is 16.5. The Hall–Kier alpha value is -3.33. The molecular formula is C20H24N4O5. The summed E-state index contributed by atoms with van der Waals surface area (Å²) in [5.74, 6) is 0.909. The molecule has 9 heteroatoms. The number of non-ortho nitro benzene ring substituents is 1. The number of nitro groups is 1. The first-order chi connectivity index (χ1) is 14.0. The van der Waals surface area contributed by atoms with E-state index in [1.807, 2.05) is 0 Å². The Bertz CT molecular complexity index is 864. The third-order valence-corrected chi connectivity index (χ3v) is 4.91. The van der Waals surface area contributed by atoms with Crippen LogP contribution in [0.15, 0.2) is 42.5 Å². The number of hydrogen-bond donors (Lipinski definition) is 1. The van der Waals surface area contributed by atoms with Gasteiger partial charge >= 0.3 is 0 Å². The summed E-state index contributed by atoms with van der Waals surface area (Å²) in [5, 5.41) is 13.7. The maximum Gasteiger partial charge on any atom is 0.269 e. The van der Waals surface area contributed by atoms with Crippen LogP contribution in [0.5, 0.6) is 11.5 Å². The molecule has 0 atom stereocenters. The summed E-state index contributed by atoms with van der Waals surface area (Å²) in [6.07, 6.45) is 0. The van der Waals surface area contributed by atoms with Gasteiger partial charge in [0.2, 0.25) is 0 Å². The molecule has 1 amide bonds. The van der Waals surface area contributed by atoms with Crippen LogP contribution >= 0.6 is 0 Å². The number of benzene rings is 2. The lowest BCUT2D eigenvalue weighted by Gasteiger charge is -2.36. The van der Waals surface area contributed by atoms with Gasteiger partial charge in [-0.15, -0.1) is 0 Å². The minimum Gasteiger partial charge on any atom is -0.493 e. The molecule has 3 rings (SSSR count). The molecule has 0 bridgehead atoms. The van der Waals surface area contributed by atoms with Crippen LogP contribution in [0.25, 0.3) is 0 Å². The van der Waals surface area contributed by atoms with Crippen molar-refractivity contribution in [1.82, 2.24) is 10.2 Å². The molecule has 1 saturated heterocycles. The lowest BCUT2D eigenvalue weighted by atomic mass is 10.2. The molecule has 0 aromatic heterocycles. The van der Waals surface area contributed by atoms with Crippen molar-refractivity contribution in [3.8, 4) is 11.5 Å². The van der Waals surface area contributed by atoms with E-state index in [-0.39, 0.29) is 11.6 Å². The summed E-state index contributed by atoms with van der Waals surface area (Å²) in [6.45, 7) is 3.57. The number of nitrogens with one attached hydrogen (secondary N) is 1. The second kappa shape index (κ2) is 9.24. The van der Waals surface area contributed by atoms with Gasteiger partial charge in [0.25, 0.3) is 11.6 Å². The van der Waals surface area contributed by atoms with Gasteiger partial charge in [-0.25, -0.2) is 0 Å². The van der Waals surface area contributed by atoms with Crippen LogP contribution in [-0.2, 0) is 0 Å². The SMILES string of the molecule is COc1ccc(C(=O)NCN2CCN(c3ccc([N+](=O)[O-])cc3)CC2)cc1OC. The number of methoxy groups -OCH3 is 2. The number of amides is 1. The van der Waals surface area contributed by atoms with Crippen LogP contribution in [0.4, 0.5) is 11.4 Å². The summed E-state index contributed by atoms with van der Waals surface area (Å²) >= 11 is 0. The zero-order chi connectivity index (χ0) is 20.8. The fourth-order valence-electron chi connectivity index (χ4n) is 3.21. The van der Waals surface area contributed by atoms with Gasteiger partial charge in [-0.3, -0.25) is 19.8 Å². The van der Waals surface area contributed by atoms with Crippen LogP contribution in [-0.4, -0.2) is 62.8 Å². The van der Waals surface area contributed by atoms with E-state index < -0.39 is 4.92 Å². The summed E-state index contributed by atoms with van der Waals surface area (Å²) < 4.78 is 10.4. The number of anilines is 1. The van der Waals surface area contributed by atoms with Gasteiger partial charge in [0.1, 0.15) is 0 Å². The Kier molecular flexibility index (Phi) is 6.50. The van der Waals surface area contributed by atoms with Gasteiger partial charge in [-0.1, -0.05) is 0 Å².